The molecule has 1 atom stereocenters. The van der Waals surface area contributed by atoms with Crippen LogP contribution in [-0.4, -0.2) is 18.8 Å². The van der Waals surface area contributed by atoms with E-state index in [0.29, 0.717) is 0 Å². The van der Waals surface area contributed by atoms with Gasteiger partial charge in [-0.05, 0) is 6.42 Å². The van der Waals surface area contributed by atoms with E-state index in [4.69, 9.17) is 9.57 Å². The van der Waals surface area contributed by atoms with Crippen molar-refractivity contribution in [2.24, 2.45) is 0 Å². The van der Waals surface area contributed by atoms with Gasteiger partial charge in [0.2, 0.25) is 5.91 Å². The first-order chi connectivity index (χ1) is 4.79. The third-order valence-corrected chi connectivity index (χ3v) is 1.22. The van der Waals surface area contributed by atoms with Gasteiger partial charge in [-0.1, -0.05) is 0 Å². The minimum absolute atomic E-state index is 0.199. The Morgan fingerprint density at radius 1 is 1.80 bits per heavy atom. The van der Waals surface area contributed by atoms with Crippen LogP contribution in [-0.2, 0) is 14.4 Å². The maximum atomic E-state index is 10.3. The predicted octanol–water partition coefficient (Wildman–Crippen LogP) is 0.191. The number of hydroxylamine groups is 1. The van der Waals surface area contributed by atoms with Crippen LogP contribution in [0.5, 0.6) is 0 Å². The molecule has 0 aliphatic carbocycles. The SMILES string of the molecule is CC(=O)NOC1CCCO1. The molecule has 4 heteroatoms. The van der Waals surface area contributed by atoms with Crippen LogP contribution in [0.15, 0.2) is 0 Å². The molecule has 1 fully saturated rings. The Morgan fingerprint density at radius 2 is 2.60 bits per heavy atom. The lowest BCUT2D eigenvalue weighted by atomic mass is 10.4. The van der Waals surface area contributed by atoms with Gasteiger partial charge in [-0.25, -0.2) is 10.3 Å². The number of rotatable bonds is 2. The summed E-state index contributed by atoms with van der Waals surface area (Å²) in [7, 11) is 0. The molecule has 1 N–H and O–H groups in total. The Kier molecular flexibility index (Phi) is 2.65. The first kappa shape index (κ1) is 7.50. The summed E-state index contributed by atoms with van der Waals surface area (Å²) >= 11 is 0. The zero-order valence-corrected chi connectivity index (χ0v) is 5.92. The molecule has 4 nitrogen and oxygen atoms in total. The smallest absolute Gasteiger partial charge is 0.240 e. The molecule has 1 amide bonds. The van der Waals surface area contributed by atoms with E-state index >= 15 is 0 Å². The van der Waals surface area contributed by atoms with E-state index in [2.05, 4.69) is 5.48 Å². The molecule has 1 aliphatic rings. The molecular weight excluding hydrogens is 134 g/mol. The highest BCUT2D eigenvalue weighted by Gasteiger charge is 2.15. The lowest BCUT2D eigenvalue weighted by Gasteiger charge is -2.08. The molecule has 1 unspecified atom stereocenters. The van der Waals surface area contributed by atoms with Crippen molar-refractivity contribution in [2.75, 3.05) is 6.61 Å². The number of carbonyl (C=O) groups excluding carboxylic acids is 1. The van der Waals surface area contributed by atoms with Gasteiger partial charge < -0.3 is 4.74 Å². The second-order valence-corrected chi connectivity index (χ2v) is 2.22. The number of hydrogen-bond donors (Lipinski definition) is 1. The molecule has 0 aromatic carbocycles. The van der Waals surface area contributed by atoms with Gasteiger partial charge in [0.1, 0.15) is 0 Å². The Hall–Kier alpha value is -0.610. The highest BCUT2D eigenvalue weighted by atomic mass is 16.8. The first-order valence-corrected chi connectivity index (χ1v) is 3.33. The summed E-state index contributed by atoms with van der Waals surface area (Å²) in [6.45, 7) is 2.12. The van der Waals surface area contributed by atoms with E-state index in [1.54, 1.807) is 0 Å². The van der Waals surface area contributed by atoms with Gasteiger partial charge in [-0.3, -0.25) is 4.79 Å². The monoisotopic (exact) mass is 145 g/mol. The number of carbonyl (C=O) groups is 1. The molecule has 1 heterocycles. The average Bonchev–Trinajstić information content (AvgIpc) is 2.34. The molecule has 58 valence electrons. The van der Waals surface area contributed by atoms with Gasteiger partial charge in [0.15, 0.2) is 6.29 Å². The van der Waals surface area contributed by atoms with Crippen molar-refractivity contribution >= 4 is 5.91 Å². The van der Waals surface area contributed by atoms with Crippen LogP contribution in [0, 0.1) is 0 Å². The Bertz CT molecular complexity index is 120. The molecule has 0 aromatic rings. The Labute approximate surface area is 59.5 Å². The van der Waals surface area contributed by atoms with Crippen LogP contribution in [0.4, 0.5) is 0 Å². The molecule has 0 spiro atoms. The molecule has 10 heavy (non-hydrogen) atoms. The average molecular weight is 145 g/mol. The van der Waals surface area contributed by atoms with Crippen molar-refractivity contribution in [3.63, 3.8) is 0 Å². The van der Waals surface area contributed by atoms with Crippen molar-refractivity contribution in [3.05, 3.63) is 0 Å². The van der Waals surface area contributed by atoms with E-state index in [-0.39, 0.29) is 12.2 Å². The van der Waals surface area contributed by atoms with Gasteiger partial charge in [-0.15, -0.1) is 0 Å². The van der Waals surface area contributed by atoms with Crippen molar-refractivity contribution in [1.82, 2.24) is 5.48 Å². The fraction of sp³-hybridized carbons (Fsp3) is 0.833. The quantitative estimate of drug-likeness (QED) is 0.564. The lowest BCUT2D eigenvalue weighted by Crippen LogP contribution is -2.26. The summed E-state index contributed by atoms with van der Waals surface area (Å²) in [5.74, 6) is -0.199. The van der Waals surface area contributed by atoms with Crippen LogP contribution in [0.1, 0.15) is 19.8 Å². The topological polar surface area (TPSA) is 47.6 Å². The number of ether oxygens (including phenoxy) is 1. The maximum absolute atomic E-state index is 10.3. The largest absolute Gasteiger partial charge is 0.350 e. The number of amides is 1. The minimum atomic E-state index is -0.233. The molecule has 0 aromatic heterocycles. The van der Waals surface area contributed by atoms with E-state index < -0.39 is 0 Å². The van der Waals surface area contributed by atoms with Crippen LogP contribution in [0.3, 0.4) is 0 Å². The molecular formula is C6H11NO3. The standard InChI is InChI=1S/C6H11NO3/c1-5(8)7-10-6-3-2-4-9-6/h6H,2-4H2,1H3,(H,7,8). The zero-order valence-electron chi connectivity index (χ0n) is 5.92. The summed E-state index contributed by atoms with van der Waals surface area (Å²) in [4.78, 5) is 15.2. The Morgan fingerprint density at radius 3 is 3.10 bits per heavy atom. The van der Waals surface area contributed by atoms with Gasteiger partial charge in [-0.2, -0.15) is 0 Å². The fourth-order valence-corrected chi connectivity index (χ4v) is 0.790. The van der Waals surface area contributed by atoms with Crippen LogP contribution < -0.4 is 5.48 Å². The third-order valence-electron chi connectivity index (χ3n) is 1.22. The van der Waals surface area contributed by atoms with E-state index in [0.717, 1.165) is 19.4 Å². The van der Waals surface area contributed by atoms with Crippen LogP contribution >= 0.6 is 0 Å². The van der Waals surface area contributed by atoms with Crippen molar-refractivity contribution < 1.29 is 14.4 Å². The predicted molar refractivity (Wildman–Crippen MR) is 33.9 cm³/mol. The zero-order chi connectivity index (χ0) is 7.40. The summed E-state index contributed by atoms with van der Waals surface area (Å²) < 4.78 is 5.07. The van der Waals surface area contributed by atoms with Crippen LogP contribution in [0.2, 0.25) is 0 Å². The van der Waals surface area contributed by atoms with Crippen molar-refractivity contribution in [1.29, 1.82) is 0 Å². The van der Waals surface area contributed by atoms with Gasteiger partial charge in [0, 0.05) is 13.3 Å². The fourth-order valence-electron chi connectivity index (χ4n) is 0.790. The first-order valence-electron chi connectivity index (χ1n) is 3.33. The molecule has 1 saturated heterocycles. The minimum Gasteiger partial charge on any atom is -0.350 e. The van der Waals surface area contributed by atoms with E-state index in [9.17, 15) is 4.79 Å². The molecule has 0 bridgehead atoms. The molecule has 0 saturated carbocycles. The van der Waals surface area contributed by atoms with E-state index in [1.807, 2.05) is 0 Å². The van der Waals surface area contributed by atoms with Gasteiger partial charge in [0.05, 0.1) is 6.61 Å². The van der Waals surface area contributed by atoms with Gasteiger partial charge >= 0.3 is 0 Å². The summed E-state index contributed by atoms with van der Waals surface area (Å²) in [6.07, 6.45) is 1.63. The summed E-state index contributed by atoms with van der Waals surface area (Å²) in [5, 5.41) is 0. The van der Waals surface area contributed by atoms with E-state index in [1.165, 1.54) is 6.92 Å². The highest BCUT2D eigenvalue weighted by Crippen LogP contribution is 2.11. The van der Waals surface area contributed by atoms with Crippen molar-refractivity contribution in [2.45, 2.75) is 26.1 Å². The second-order valence-electron chi connectivity index (χ2n) is 2.22. The maximum Gasteiger partial charge on any atom is 0.240 e. The second kappa shape index (κ2) is 3.53. The van der Waals surface area contributed by atoms with Crippen molar-refractivity contribution in [3.8, 4) is 0 Å². The summed E-state index contributed by atoms with van der Waals surface area (Å²) in [5.41, 5.74) is 2.22. The summed E-state index contributed by atoms with van der Waals surface area (Å²) in [6, 6.07) is 0. The number of nitrogens with one attached hydrogen (secondary N) is 1. The van der Waals surface area contributed by atoms with Crippen LogP contribution in [0.25, 0.3) is 0 Å². The highest BCUT2D eigenvalue weighted by molar-refractivity contribution is 5.71. The third kappa shape index (κ3) is 2.33. The number of hydrogen-bond acceptors (Lipinski definition) is 3. The Balaban J connectivity index is 2.07. The molecule has 1 aliphatic heterocycles. The lowest BCUT2D eigenvalue weighted by molar-refractivity contribution is -0.169. The van der Waals surface area contributed by atoms with Gasteiger partial charge in [0.25, 0.3) is 0 Å². The molecule has 1 rings (SSSR count). The normalized spacial score (nSPS) is 24.7. The molecule has 0 radical (unpaired) electrons.